The van der Waals surface area contributed by atoms with Gasteiger partial charge in [0.1, 0.15) is 18.5 Å². The molecule has 0 spiro atoms. The first-order chi connectivity index (χ1) is 9.54. The number of ether oxygens (including phenoxy) is 1. The van der Waals surface area contributed by atoms with Gasteiger partial charge in [-0.3, -0.25) is 0 Å². The summed E-state index contributed by atoms with van der Waals surface area (Å²) in [4.78, 5) is 0. The molecule has 0 radical (unpaired) electrons. The Labute approximate surface area is 126 Å². The smallest absolute Gasteiger partial charge is 0.119 e. The Morgan fingerprint density at radius 2 is 2.20 bits per heavy atom. The largest absolute Gasteiger partial charge is 0.491 e. The van der Waals surface area contributed by atoms with E-state index >= 15 is 0 Å². The minimum atomic E-state index is -0.493. The minimum Gasteiger partial charge on any atom is -0.491 e. The molecule has 1 aromatic carbocycles. The molecule has 1 aromatic rings. The summed E-state index contributed by atoms with van der Waals surface area (Å²) < 4.78 is 5.58. The second-order valence-corrected chi connectivity index (χ2v) is 6.27. The highest BCUT2D eigenvalue weighted by atomic mass is 35.5. The molecule has 0 aromatic heterocycles. The van der Waals surface area contributed by atoms with Crippen molar-refractivity contribution >= 4 is 11.6 Å². The molecule has 2 unspecified atom stereocenters. The number of nitrogens with one attached hydrogen (secondary N) is 1. The number of rotatable bonds is 8. The third kappa shape index (κ3) is 5.31. The molecule has 0 saturated heterocycles. The second-order valence-electron chi connectivity index (χ2n) is 5.86. The zero-order chi connectivity index (χ0) is 14.5. The Hall–Kier alpha value is -0.770. The average Bonchev–Trinajstić information content (AvgIpc) is 3.21. The Kier molecular flexibility index (Phi) is 5.70. The van der Waals surface area contributed by atoms with E-state index in [2.05, 4.69) is 12.2 Å². The SMILES string of the molecule is Cc1cc(OCC(O)CNC(C)CC2CC2)ccc1Cl. The molecule has 2 rings (SSSR count). The molecule has 4 heteroatoms. The summed E-state index contributed by atoms with van der Waals surface area (Å²) in [6, 6.07) is 5.99. The summed E-state index contributed by atoms with van der Waals surface area (Å²) in [5.41, 5.74) is 0.981. The van der Waals surface area contributed by atoms with Gasteiger partial charge < -0.3 is 15.2 Å². The van der Waals surface area contributed by atoms with Crippen LogP contribution in [0.25, 0.3) is 0 Å². The van der Waals surface area contributed by atoms with E-state index in [0.717, 1.165) is 22.3 Å². The molecule has 1 fully saturated rings. The Morgan fingerprint density at radius 1 is 1.45 bits per heavy atom. The molecule has 112 valence electrons. The number of benzene rings is 1. The van der Waals surface area contributed by atoms with E-state index in [1.165, 1.54) is 19.3 Å². The monoisotopic (exact) mass is 297 g/mol. The lowest BCUT2D eigenvalue weighted by atomic mass is 10.1. The Bertz CT molecular complexity index is 434. The number of aliphatic hydroxyl groups excluding tert-OH is 1. The summed E-state index contributed by atoms with van der Waals surface area (Å²) in [6.07, 6.45) is 3.46. The quantitative estimate of drug-likeness (QED) is 0.774. The zero-order valence-electron chi connectivity index (χ0n) is 12.2. The molecule has 20 heavy (non-hydrogen) atoms. The number of aliphatic hydroxyl groups is 1. The summed E-state index contributed by atoms with van der Waals surface area (Å²) in [7, 11) is 0. The predicted molar refractivity (Wildman–Crippen MR) is 82.5 cm³/mol. The van der Waals surface area contributed by atoms with Crippen LogP contribution in [0.3, 0.4) is 0 Å². The predicted octanol–water partition coefficient (Wildman–Crippen LogP) is 3.17. The van der Waals surface area contributed by atoms with Crippen LogP contribution in [-0.4, -0.2) is 30.4 Å². The first kappa shape index (κ1) is 15.6. The molecule has 2 N–H and O–H groups in total. The molecule has 1 aliphatic carbocycles. The van der Waals surface area contributed by atoms with E-state index < -0.39 is 6.10 Å². The van der Waals surface area contributed by atoms with Crippen LogP contribution < -0.4 is 10.1 Å². The van der Waals surface area contributed by atoms with Gasteiger partial charge in [0, 0.05) is 17.6 Å². The van der Waals surface area contributed by atoms with Crippen LogP contribution in [0.15, 0.2) is 18.2 Å². The molecule has 0 amide bonds. The van der Waals surface area contributed by atoms with Crippen LogP contribution in [0.5, 0.6) is 5.75 Å². The molecular formula is C16H24ClNO2. The molecule has 1 saturated carbocycles. The van der Waals surface area contributed by atoms with E-state index in [4.69, 9.17) is 16.3 Å². The van der Waals surface area contributed by atoms with Crippen LogP contribution in [0, 0.1) is 12.8 Å². The number of hydrogen-bond acceptors (Lipinski definition) is 3. The van der Waals surface area contributed by atoms with Gasteiger partial charge in [-0.2, -0.15) is 0 Å². The molecule has 0 heterocycles. The highest BCUT2D eigenvalue weighted by Gasteiger charge is 2.23. The fourth-order valence-electron chi connectivity index (χ4n) is 2.23. The van der Waals surface area contributed by atoms with Gasteiger partial charge in [-0.1, -0.05) is 24.4 Å². The standard InChI is InChI=1S/C16H24ClNO2/c1-11-7-15(5-6-16(11)17)20-10-14(19)9-18-12(2)8-13-3-4-13/h5-7,12-14,18-19H,3-4,8-10H2,1-2H3. The summed E-state index contributed by atoms with van der Waals surface area (Å²) in [5.74, 6) is 1.65. The normalized spacial score (nSPS) is 17.8. The van der Waals surface area contributed by atoms with Gasteiger partial charge in [0.25, 0.3) is 0 Å². The van der Waals surface area contributed by atoms with Crippen LogP contribution in [0.2, 0.25) is 5.02 Å². The maximum absolute atomic E-state index is 9.92. The Balaban J connectivity index is 1.65. The Morgan fingerprint density at radius 3 is 2.85 bits per heavy atom. The van der Waals surface area contributed by atoms with Crippen LogP contribution in [0.4, 0.5) is 0 Å². The van der Waals surface area contributed by atoms with E-state index in [1.54, 1.807) is 0 Å². The van der Waals surface area contributed by atoms with Crippen molar-refractivity contribution in [3.8, 4) is 5.75 Å². The lowest BCUT2D eigenvalue weighted by Crippen LogP contribution is -2.36. The molecule has 1 aliphatic rings. The first-order valence-electron chi connectivity index (χ1n) is 7.35. The second kappa shape index (κ2) is 7.30. The summed E-state index contributed by atoms with van der Waals surface area (Å²) >= 11 is 5.96. The number of aryl methyl sites for hydroxylation is 1. The van der Waals surface area contributed by atoms with E-state index in [9.17, 15) is 5.11 Å². The van der Waals surface area contributed by atoms with Crippen molar-refractivity contribution in [3.63, 3.8) is 0 Å². The third-order valence-electron chi connectivity index (χ3n) is 3.66. The molecule has 0 bridgehead atoms. The van der Waals surface area contributed by atoms with Gasteiger partial charge in [0.2, 0.25) is 0 Å². The van der Waals surface area contributed by atoms with Crippen LogP contribution >= 0.6 is 11.6 Å². The highest BCUT2D eigenvalue weighted by Crippen LogP contribution is 2.33. The lowest BCUT2D eigenvalue weighted by Gasteiger charge is -2.17. The van der Waals surface area contributed by atoms with Gasteiger partial charge in [-0.25, -0.2) is 0 Å². The fourth-order valence-corrected chi connectivity index (χ4v) is 2.35. The lowest BCUT2D eigenvalue weighted by molar-refractivity contribution is 0.103. The summed E-state index contributed by atoms with van der Waals surface area (Å²) in [6.45, 7) is 4.98. The van der Waals surface area contributed by atoms with Crippen molar-refractivity contribution in [2.24, 2.45) is 5.92 Å². The summed E-state index contributed by atoms with van der Waals surface area (Å²) in [5, 5.41) is 14.0. The molecule has 0 aliphatic heterocycles. The minimum absolute atomic E-state index is 0.296. The van der Waals surface area contributed by atoms with Crippen molar-refractivity contribution < 1.29 is 9.84 Å². The first-order valence-corrected chi connectivity index (χ1v) is 7.73. The molecule has 2 atom stereocenters. The van der Waals surface area contributed by atoms with Crippen molar-refractivity contribution in [2.75, 3.05) is 13.2 Å². The van der Waals surface area contributed by atoms with Crippen molar-refractivity contribution in [1.82, 2.24) is 5.32 Å². The van der Waals surface area contributed by atoms with Gasteiger partial charge >= 0.3 is 0 Å². The number of halogens is 1. The maximum Gasteiger partial charge on any atom is 0.119 e. The van der Waals surface area contributed by atoms with E-state index in [1.807, 2.05) is 25.1 Å². The number of hydrogen-bond donors (Lipinski definition) is 2. The van der Waals surface area contributed by atoms with Gasteiger partial charge in [-0.15, -0.1) is 0 Å². The van der Waals surface area contributed by atoms with E-state index in [0.29, 0.717) is 19.2 Å². The van der Waals surface area contributed by atoms with Crippen molar-refractivity contribution in [3.05, 3.63) is 28.8 Å². The molecule has 3 nitrogen and oxygen atoms in total. The van der Waals surface area contributed by atoms with Crippen LogP contribution in [-0.2, 0) is 0 Å². The van der Waals surface area contributed by atoms with Crippen molar-refractivity contribution in [1.29, 1.82) is 0 Å². The maximum atomic E-state index is 9.92. The van der Waals surface area contributed by atoms with Gasteiger partial charge in [-0.05, 0) is 49.9 Å². The highest BCUT2D eigenvalue weighted by molar-refractivity contribution is 6.31. The molecular weight excluding hydrogens is 274 g/mol. The average molecular weight is 298 g/mol. The zero-order valence-corrected chi connectivity index (χ0v) is 13.0. The van der Waals surface area contributed by atoms with E-state index in [-0.39, 0.29) is 0 Å². The van der Waals surface area contributed by atoms with Gasteiger partial charge in [0.05, 0.1) is 0 Å². The van der Waals surface area contributed by atoms with Gasteiger partial charge in [0.15, 0.2) is 0 Å². The van der Waals surface area contributed by atoms with Crippen LogP contribution in [0.1, 0.15) is 31.7 Å². The fraction of sp³-hybridized carbons (Fsp3) is 0.625. The third-order valence-corrected chi connectivity index (χ3v) is 4.08. The van der Waals surface area contributed by atoms with Crippen molar-refractivity contribution in [2.45, 2.75) is 45.3 Å². The topological polar surface area (TPSA) is 41.5 Å².